The standard InChI is InChI=1S/C10H12FN4O6PS/c11-10(2-20-5(7(10)16)1-21-22(18,19)23)15-4-14-6-8(15)12-3-13-9(6)17/h3-5,7,16H,1-2H2,(H,12,13,17)(H2,18,19,23)/t5-,7-,10?/m1/s1. The van der Waals surface area contributed by atoms with E-state index in [0.29, 0.717) is 0 Å². The van der Waals surface area contributed by atoms with Crippen molar-refractivity contribution in [2.24, 2.45) is 0 Å². The van der Waals surface area contributed by atoms with Crippen molar-refractivity contribution in [2.45, 2.75) is 18.0 Å². The van der Waals surface area contributed by atoms with Crippen molar-refractivity contribution in [1.82, 2.24) is 19.5 Å². The molecule has 2 unspecified atom stereocenters. The van der Waals surface area contributed by atoms with E-state index in [1.165, 1.54) is 0 Å². The first-order valence-electron chi connectivity index (χ1n) is 6.32. The first kappa shape index (κ1) is 16.6. The quantitative estimate of drug-likeness (QED) is 0.421. The number of rotatable bonds is 4. The Balaban J connectivity index is 1.91. The highest BCUT2D eigenvalue weighted by Gasteiger charge is 2.52. The third-order valence-corrected chi connectivity index (χ3v) is 4.28. The first-order valence-corrected chi connectivity index (χ1v) is 9.05. The lowest BCUT2D eigenvalue weighted by molar-refractivity contribution is -0.0445. The number of aromatic amines is 1. The molecule has 4 atom stereocenters. The fourth-order valence-corrected chi connectivity index (χ4v) is 2.87. The van der Waals surface area contributed by atoms with E-state index >= 15 is 4.39 Å². The highest BCUT2D eigenvalue weighted by Crippen LogP contribution is 2.47. The van der Waals surface area contributed by atoms with Gasteiger partial charge >= 0.3 is 6.80 Å². The number of thiol groups is 1. The molecule has 1 saturated heterocycles. The lowest BCUT2D eigenvalue weighted by Gasteiger charge is -2.25. The molecule has 126 valence electrons. The molecule has 0 saturated carbocycles. The van der Waals surface area contributed by atoms with Crippen LogP contribution in [0.3, 0.4) is 0 Å². The molecule has 10 nitrogen and oxygen atoms in total. The van der Waals surface area contributed by atoms with Crippen LogP contribution in [0, 0.1) is 0 Å². The van der Waals surface area contributed by atoms with Gasteiger partial charge in [0.05, 0.1) is 12.9 Å². The van der Waals surface area contributed by atoms with Crippen molar-refractivity contribution >= 4 is 30.2 Å². The molecular formula is C10H12FN4O6PS. The van der Waals surface area contributed by atoms with Crippen molar-refractivity contribution in [3.05, 3.63) is 23.0 Å². The zero-order valence-electron chi connectivity index (χ0n) is 11.4. The maximum absolute atomic E-state index is 15.2. The fourth-order valence-electron chi connectivity index (χ4n) is 2.33. The van der Waals surface area contributed by atoms with Gasteiger partial charge in [0, 0.05) is 0 Å². The second-order valence-electron chi connectivity index (χ2n) is 4.92. The molecule has 13 heteroatoms. The third kappa shape index (κ3) is 2.93. The number of hydrogen-bond donors (Lipinski definition) is 4. The number of aliphatic hydroxyl groups is 1. The smallest absolute Gasteiger partial charge is 0.383 e. The Hall–Kier alpha value is -1.30. The van der Waals surface area contributed by atoms with Gasteiger partial charge < -0.3 is 19.7 Å². The van der Waals surface area contributed by atoms with Gasteiger partial charge in [0.1, 0.15) is 25.1 Å². The van der Waals surface area contributed by atoms with Crippen LogP contribution in [0.15, 0.2) is 17.4 Å². The summed E-state index contributed by atoms with van der Waals surface area (Å²) in [5.74, 6) is -2.46. The largest absolute Gasteiger partial charge is 0.385 e. The van der Waals surface area contributed by atoms with Crippen LogP contribution in [0.25, 0.3) is 11.2 Å². The molecule has 2 aromatic rings. The number of H-pyrrole nitrogens is 1. The molecular weight excluding hydrogens is 354 g/mol. The van der Waals surface area contributed by atoms with Gasteiger partial charge in [-0.05, 0) is 0 Å². The van der Waals surface area contributed by atoms with Gasteiger partial charge in [-0.25, -0.2) is 18.9 Å². The SMILES string of the molecule is O=c1[nH]cnc2c1ncn2C1(F)CO[C@H](COP(=O)(O)S)[C@H]1O. The van der Waals surface area contributed by atoms with Crippen molar-refractivity contribution in [2.75, 3.05) is 13.2 Å². The summed E-state index contributed by atoms with van der Waals surface area (Å²) in [7, 11) is 0. The molecule has 0 bridgehead atoms. The molecule has 3 heterocycles. The Bertz CT molecular complexity index is 838. The summed E-state index contributed by atoms with van der Waals surface area (Å²) in [5.41, 5.74) is -0.712. The summed E-state index contributed by atoms with van der Waals surface area (Å²) in [6, 6.07) is 0. The third-order valence-electron chi connectivity index (χ3n) is 3.45. The van der Waals surface area contributed by atoms with Gasteiger partial charge in [-0.2, -0.15) is 0 Å². The number of imidazole rings is 1. The first-order chi connectivity index (χ1) is 10.7. The normalized spacial score (nSPS) is 30.6. The van der Waals surface area contributed by atoms with Crippen molar-refractivity contribution in [3.8, 4) is 0 Å². The predicted molar refractivity (Wildman–Crippen MR) is 77.7 cm³/mol. The minimum atomic E-state index is -4.09. The number of alkyl halides is 1. The van der Waals surface area contributed by atoms with Gasteiger partial charge in [0.25, 0.3) is 5.56 Å². The van der Waals surface area contributed by atoms with E-state index in [-0.39, 0.29) is 11.2 Å². The number of aliphatic hydroxyl groups excluding tert-OH is 1. The molecule has 0 aliphatic carbocycles. The van der Waals surface area contributed by atoms with Gasteiger partial charge in [0.15, 0.2) is 11.2 Å². The number of halogens is 1. The Morgan fingerprint density at radius 1 is 1.65 bits per heavy atom. The topological polar surface area (TPSA) is 140 Å². The van der Waals surface area contributed by atoms with Crippen molar-refractivity contribution in [3.63, 3.8) is 0 Å². The van der Waals surface area contributed by atoms with Crippen LogP contribution in [0.5, 0.6) is 0 Å². The summed E-state index contributed by atoms with van der Waals surface area (Å²) in [6.07, 6.45) is -0.830. The fraction of sp³-hybridized carbons (Fsp3) is 0.500. The molecule has 0 spiro atoms. The van der Waals surface area contributed by atoms with Crippen LogP contribution in [-0.2, 0) is 19.6 Å². The average Bonchev–Trinajstić information content (AvgIpc) is 3.01. The van der Waals surface area contributed by atoms with E-state index in [9.17, 15) is 14.5 Å². The molecule has 0 aromatic carbocycles. The maximum atomic E-state index is 15.2. The second kappa shape index (κ2) is 5.65. The lowest BCUT2D eigenvalue weighted by Crippen LogP contribution is -2.43. The summed E-state index contributed by atoms with van der Waals surface area (Å²) in [5, 5.41) is 10.2. The maximum Gasteiger partial charge on any atom is 0.383 e. The Labute approximate surface area is 133 Å². The van der Waals surface area contributed by atoms with E-state index in [1.54, 1.807) is 0 Å². The van der Waals surface area contributed by atoms with E-state index < -0.39 is 43.6 Å². The van der Waals surface area contributed by atoms with Gasteiger partial charge in [-0.1, -0.05) is 12.2 Å². The van der Waals surface area contributed by atoms with Crippen LogP contribution in [0.2, 0.25) is 0 Å². The minimum absolute atomic E-state index is 0.0671. The Kier molecular flexibility index (Phi) is 4.07. The molecule has 1 aliphatic rings. The summed E-state index contributed by atoms with van der Waals surface area (Å²) in [4.78, 5) is 30.5. The number of ether oxygens (including phenoxy) is 1. The molecule has 1 aliphatic heterocycles. The van der Waals surface area contributed by atoms with Crippen LogP contribution >= 0.6 is 19.0 Å². The van der Waals surface area contributed by atoms with Gasteiger partial charge in [-0.3, -0.25) is 13.9 Å². The van der Waals surface area contributed by atoms with Crippen LogP contribution in [0.4, 0.5) is 4.39 Å². The highest BCUT2D eigenvalue weighted by molar-refractivity contribution is 8.44. The minimum Gasteiger partial charge on any atom is -0.385 e. The monoisotopic (exact) mass is 366 g/mol. The van der Waals surface area contributed by atoms with E-state index in [0.717, 1.165) is 17.2 Å². The second-order valence-corrected chi connectivity index (χ2v) is 7.67. The highest BCUT2D eigenvalue weighted by atomic mass is 32.7. The molecule has 23 heavy (non-hydrogen) atoms. The Morgan fingerprint density at radius 2 is 2.39 bits per heavy atom. The zero-order chi connectivity index (χ0) is 16.8. The van der Waals surface area contributed by atoms with E-state index in [2.05, 4.69) is 31.7 Å². The molecule has 0 amide bonds. The van der Waals surface area contributed by atoms with E-state index in [4.69, 9.17) is 9.63 Å². The van der Waals surface area contributed by atoms with Crippen LogP contribution < -0.4 is 5.56 Å². The number of nitrogens with zero attached hydrogens (tertiary/aromatic N) is 3. The van der Waals surface area contributed by atoms with Gasteiger partial charge in [-0.15, -0.1) is 0 Å². The number of hydrogen-bond acceptors (Lipinski definition) is 7. The molecule has 3 rings (SSSR count). The molecule has 0 radical (unpaired) electrons. The van der Waals surface area contributed by atoms with Crippen molar-refractivity contribution < 1.29 is 28.2 Å². The summed E-state index contributed by atoms with van der Waals surface area (Å²) >= 11 is 3.31. The summed E-state index contributed by atoms with van der Waals surface area (Å²) < 4.78 is 36.7. The average molecular weight is 366 g/mol. The number of aromatic nitrogens is 4. The molecule has 3 N–H and O–H groups in total. The zero-order valence-corrected chi connectivity index (χ0v) is 13.2. The van der Waals surface area contributed by atoms with Crippen LogP contribution in [0.1, 0.15) is 0 Å². The lowest BCUT2D eigenvalue weighted by atomic mass is 10.1. The van der Waals surface area contributed by atoms with Crippen LogP contribution in [-0.4, -0.2) is 54.9 Å². The molecule has 2 aromatic heterocycles. The van der Waals surface area contributed by atoms with Gasteiger partial charge in [0.2, 0.25) is 5.79 Å². The van der Waals surface area contributed by atoms with Crippen molar-refractivity contribution in [1.29, 1.82) is 0 Å². The predicted octanol–water partition coefficient (Wildman–Crippen LogP) is -0.452. The van der Waals surface area contributed by atoms with E-state index in [1.807, 2.05) is 0 Å². The molecule has 1 fully saturated rings. The Morgan fingerprint density at radius 3 is 3.09 bits per heavy atom. The summed E-state index contributed by atoms with van der Waals surface area (Å²) in [6.45, 7) is -5.20. The number of nitrogens with one attached hydrogen (secondary N) is 1. The number of fused-ring (bicyclic) bond motifs is 1.